The van der Waals surface area contributed by atoms with Crippen molar-refractivity contribution in [3.63, 3.8) is 0 Å². The first-order valence-electron chi connectivity index (χ1n) is 8.66. The molecule has 0 saturated carbocycles. The molecule has 5 rings (SSSR count). The van der Waals surface area contributed by atoms with Crippen LogP contribution >= 0.6 is 11.6 Å². The van der Waals surface area contributed by atoms with Crippen molar-refractivity contribution >= 4 is 45.1 Å². The van der Waals surface area contributed by atoms with Crippen LogP contribution in [-0.4, -0.2) is 33.4 Å². The van der Waals surface area contributed by atoms with Crippen molar-refractivity contribution < 1.29 is 13.9 Å². The Morgan fingerprint density at radius 1 is 1.18 bits per heavy atom. The van der Waals surface area contributed by atoms with Crippen molar-refractivity contribution in [2.24, 2.45) is 0 Å². The summed E-state index contributed by atoms with van der Waals surface area (Å²) in [6.07, 6.45) is 1.51. The van der Waals surface area contributed by atoms with Crippen molar-refractivity contribution in [1.82, 2.24) is 20.3 Å². The fraction of sp³-hybridized carbons (Fsp3) is 0.158. The summed E-state index contributed by atoms with van der Waals surface area (Å²) in [4.78, 5) is 24.8. The molecule has 2 N–H and O–H groups in total. The zero-order valence-electron chi connectivity index (χ0n) is 14.7. The van der Waals surface area contributed by atoms with Crippen LogP contribution in [0.1, 0.15) is 17.5 Å². The number of amides is 1. The van der Waals surface area contributed by atoms with E-state index in [-0.39, 0.29) is 23.0 Å². The minimum atomic E-state index is -0.231. The van der Waals surface area contributed by atoms with Gasteiger partial charge in [-0.2, -0.15) is 4.98 Å². The number of nitrogens with one attached hydrogen (secondary N) is 2. The number of halogens is 1. The minimum Gasteiger partial charge on any atom is -0.449 e. The SMILES string of the molecule is C[C@@H]1CNc2c(oc3ccc4nc(Oc5ccnc(Cl)n5)ccc4c23)C(=O)N1. The maximum Gasteiger partial charge on any atom is 0.289 e. The maximum atomic E-state index is 12.4. The summed E-state index contributed by atoms with van der Waals surface area (Å²) in [5.41, 5.74) is 2.00. The first kappa shape index (κ1) is 16.8. The monoisotopic (exact) mass is 395 g/mol. The van der Waals surface area contributed by atoms with Crippen molar-refractivity contribution in [2.45, 2.75) is 13.0 Å². The summed E-state index contributed by atoms with van der Waals surface area (Å²) < 4.78 is 11.5. The first-order valence-corrected chi connectivity index (χ1v) is 9.04. The number of hydrogen-bond acceptors (Lipinski definition) is 7. The van der Waals surface area contributed by atoms with Gasteiger partial charge in [-0.25, -0.2) is 9.97 Å². The molecular weight excluding hydrogens is 382 g/mol. The number of furan rings is 1. The molecule has 3 aromatic heterocycles. The van der Waals surface area contributed by atoms with Crippen LogP contribution in [0.15, 0.2) is 40.9 Å². The molecule has 1 atom stereocenters. The lowest BCUT2D eigenvalue weighted by Gasteiger charge is -2.09. The lowest BCUT2D eigenvalue weighted by molar-refractivity contribution is 0.0920. The highest BCUT2D eigenvalue weighted by molar-refractivity contribution is 6.28. The van der Waals surface area contributed by atoms with Gasteiger partial charge in [-0.05, 0) is 36.7 Å². The highest BCUT2D eigenvalue weighted by Crippen LogP contribution is 2.37. The average Bonchev–Trinajstić information content (AvgIpc) is 2.99. The molecule has 28 heavy (non-hydrogen) atoms. The molecular formula is C19H14ClN5O3. The largest absolute Gasteiger partial charge is 0.449 e. The van der Waals surface area contributed by atoms with E-state index in [1.54, 1.807) is 18.2 Å². The summed E-state index contributed by atoms with van der Waals surface area (Å²) in [7, 11) is 0. The molecule has 0 spiro atoms. The number of aromatic nitrogens is 3. The van der Waals surface area contributed by atoms with Crippen LogP contribution in [0.2, 0.25) is 5.28 Å². The quantitative estimate of drug-likeness (QED) is 0.498. The third kappa shape index (κ3) is 2.78. The number of carbonyl (C=O) groups is 1. The van der Waals surface area contributed by atoms with Crippen molar-refractivity contribution in [2.75, 3.05) is 11.9 Å². The molecule has 0 fully saturated rings. The summed E-state index contributed by atoms with van der Waals surface area (Å²) >= 11 is 5.79. The predicted octanol–water partition coefficient (Wildman–Crippen LogP) is 3.76. The Balaban J connectivity index is 1.62. The normalized spacial score (nSPS) is 16.4. The molecule has 0 aliphatic carbocycles. The number of nitrogens with zero attached hydrogens (tertiary/aromatic N) is 3. The molecule has 4 heterocycles. The van der Waals surface area contributed by atoms with E-state index in [2.05, 4.69) is 25.6 Å². The Morgan fingerprint density at radius 2 is 2.04 bits per heavy atom. The molecule has 1 aliphatic rings. The fourth-order valence-corrected chi connectivity index (χ4v) is 3.39. The van der Waals surface area contributed by atoms with Crippen LogP contribution in [-0.2, 0) is 0 Å². The van der Waals surface area contributed by atoms with E-state index in [1.165, 1.54) is 6.20 Å². The van der Waals surface area contributed by atoms with Gasteiger partial charge in [-0.15, -0.1) is 0 Å². The highest BCUT2D eigenvalue weighted by Gasteiger charge is 2.26. The second kappa shape index (κ2) is 6.35. The first-order chi connectivity index (χ1) is 13.6. The van der Waals surface area contributed by atoms with E-state index >= 15 is 0 Å². The van der Waals surface area contributed by atoms with Gasteiger partial charge in [-0.1, -0.05) is 0 Å². The van der Waals surface area contributed by atoms with E-state index in [9.17, 15) is 4.79 Å². The molecule has 0 radical (unpaired) electrons. The van der Waals surface area contributed by atoms with Gasteiger partial charge in [0.2, 0.25) is 22.8 Å². The van der Waals surface area contributed by atoms with Gasteiger partial charge in [-0.3, -0.25) is 4.79 Å². The van der Waals surface area contributed by atoms with Gasteiger partial charge < -0.3 is 19.8 Å². The smallest absolute Gasteiger partial charge is 0.289 e. The van der Waals surface area contributed by atoms with E-state index in [1.807, 2.05) is 19.1 Å². The van der Waals surface area contributed by atoms with Crippen LogP contribution in [0.4, 0.5) is 5.69 Å². The van der Waals surface area contributed by atoms with Crippen LogP contribution in [0, 0.1) is 0 Å². The molecule has 9 heteroatoms. The number of hydrogen-bond donors (Lipinski definition) is 2. The van der Waals surface area contributed by atoms with Gasteiger partial charge >= 0.3 is 0 Å². The highest BCUT2D eigenvalue weighted by atomic mass is 35.5. The van der Waals surface area contributed by atoms with Crippen molar-refractivity contribution in [1.29, 1.82) is 0 Å². The van der Waals surface area contributed by atoms with Gasteiger partial charge in [0.1, 0.15) is 5.58 Å². The lowest BCUT2D eigenvalue weighted by atomic mass is 10.1. The number of carbonyl (C=O) groups excluding carboxylic acids is 1. The lowest BCUT2D eigenvalue weighted by Crippen LogP contribution is -2.34. The number of anilines is 1. The summed E-state index contributed by atoms with van der Waals surface area (Å²) in [5, 5.41) is 7.98. The molecule has 140 valence electrons. The molecule has 4 aromatic rings. The van der Waals surface area contributed by atoms with Crippen molar-refractivity contribution in [3.05, 3.63) is 47.6 Å². The number of ether oxygens (including phenoxy) is 1. The number of rotatable bonds is 2. The Labute approximate surface area is 163 Å². The predicted molar refractivity (Wildman–Crippen MR) is 104 cm³/mol. The van der Waals surface area contributed by atoms with Crippen LogP contribution in [0.3, 0.4) is 0 Å². The molecule has 0 unspecified atom stereocenters. The average molecular weight is 396 g/mol. The fourth-order valence-electron chi connectivity index (χ4n) is 3.25. The topological polar surface area (TPSA) is 102 Å². The van der Waals surface area contributed by atoms with Gasteiger partial charge in [0.25, 0.3) is 5.91 Å². The zero-order chi connectivity index (χ0) is 19.3. The maximum absolute atomic E-state index is 12.4. The van der Waals surface area contributed by atoms with E-state index in [0.29, 0.717) is 35.1 Å². The molecule has 8 nitrogen and oxygen atoms in total. The summed E-state index contributed by atoms with van der Waals surface area (Å²) in [6.45, 7) is 2.54. The van der Waals surface area contributed by atoms with Crippen LogP contribution in [0.5, 0.6) is 11.8 Å². The number of fused-ring (bicyclic) bond motifs is 5. The van der Waals surface area contributed by atoms with Gasteiger partial charge in [0, 0.05) is 36.3 Å². The van der Waals surface area contributed by atoms with Crippen LogP contribution < -0.4 is 15.4 Å². The standard InChI is InChI=1S/C19H14ClN5O3/c1-9-8-22-16-15-10-2-5-13(28-14-6-7-21-19(20)25-14)24-11(10)3-4-12(15)27-17(16)18(26)23-9/h2-7,9,22H,8H2,1H3,(H,23,26)/t9-/m1/s1. The van der Waals surface area contributed by atoms with Crippen molar-refractivity contribution in [3.8, 4) is 11.8 Å². The number of pyridine rings is 1. The van der Waals surface area contributed by atoms with Gasteiger partial charge in [0.05, 0.1) is 16.6 Å². The third-order valence-corrected chi connectivity index (χ3v) is 4.66. The molecule has 0 bridgehead atoms. The van der Waals surface area contributed by atoms with Gasteiger partial charge in [0.15, 0.2) is 0 Å². The van der Waals surface area contributed by atoms with E-state index < -0.39 is 0 Å². The molecule has 0 saturated heterocycles. The van der Waals surface area contributed by atoms with Crippen LogP contribution in [0.25, 0.3) is 21.9 Å². The Kier molecular flexibility index (Phi) is 3.80. The molecule has 1 amide bonds. The molecule has 1 aliphatic heterocycles. The number of benzene rings is 1. The third-order valence-electron chi connectivity index (χ3n) is 4.48. The molecule has 1 aromatic carbocycles. The summed E-state index contributed by atoms with van der Waals surface area (Å²) in [5.74, 6) is 0.723. The van der Waals surface area contributed by atoms with E-state index in [0.717, 1.165) is 10.8 Å². The Bertz CT molecular complexity index is 1240. The second-order valence-electron chi connectivity index (χ2n) is 6.48. The zero-order valence-corrected chi connectivity index (χ0v) is 15.4. The summed E-state index contributed by atoms with van der Waals surface area (Å²) in [6, 6.07) is 8.82. The Morgan fingerprint density at radius 3 is 2.89 bits per heavy atom. The van der Waals surface area contributed by atoms with E-state index in [4.69, 9.17) is 20.8 Å². The Hall–Kier alpha value is -3.39. The second-order valence-corrected chi connectivity index (χ2v) is 6.82. The minimum absolute atomic E-state index is 0.00191.